The van der Waals surface area contributed by atoms with Crippen LogP contribution in [0.4, 0.5) is 0 Å². The highest BCUT2D eigenvalue weighted by Gasteiger charge is 2.38. The predicted molar refractivity (Wildman–Crippen MR) is 125 cm³/mol. The first-order valence-corrected chi connectivity index (χ1v) is 12.3. The van der Waals surface area contributed by atoms with Crippen LogP contribution in [-0.2, 0) is 6.42 Å². The number of benzene rings is 1. The highest BCUT2D eigenvalue weighted by molar-refractivity contribution is 7.12. The zero-order valence-corrected chi connectivity index (χ0v) is 19.1. The molecule has 162 valence electrons. The van der Waals surface area contributed by atoms with Gasteiger partial charge < -0.3 is 9.52 Å². The number of hydrogen-bond donors (Lipinski definition) is 1. The third kappa shape index (κ3) is 4.64. The molecule has 2 unspecified atom stereocenters. The minimum atomic E-state index is -0.359. The molecular formula is C27H30O3S. The number of hydrogen-bond acceptors (Lipinski definition) is 4. The number of aromatic hydroxyl groups is 1. The number of aryl methyl sites for hydroxylation is 2. The number of thiophene rings is 1. The van der Waals surface area contributed by atoms with Crippen LogP contribution in [0.1, 0.15) is 76.1 Å². The largest absolute Gasteiger partial charge is 0.507 e. The molecule has 0 bridgehead atoms. The Balaban J connectivity index is 1.48. The van der Waals surface area contributed by atoms with E-state index in [9.17, 15) is 9.90 Å². The molecule has 4 heteroatoms. The monoisotopic (exact) mass is 434 g/mol. The summed E-state index contributed by atoms with van der Waals surface area (Å²) in [6.07, 6.45) is 6.53. The summed E-state index contributed by atoms with van der Waals surface area (Å²) >= 11 is 1.71. The van der Waals surface area contributed by atoms with E-state index in [0.717, 1.165) is 30.6 Å². The molecule has 2 heterocycles. The molecule has 0 saturated heterocycles. The topological polar surface area (TPSA) is 50.4 Å². The Labute approximate surface area is 187 Å². The van der Waals surface area contributed by atoms with E-state index >= 15 is 0 Å². The van der Waals surface area contributed by atoms with Crippen molar-refractivity contribution in [2.24, 2.45) is 11.8 Å². The third-order valence-corrected chi connectivity index (χ3v) is 7.86. The minimum absolute atomic E-state index is 0.0528. The van der Waals surface area contributed by atoms with Gasteiger partial charge in [-0.2, -0.15) is 0 Å². The molecule has 2 aliphatic carbocycles. The van der Waals surface area contributed by atoms with E-state index < -0.39 is 0 Å². The van der Waals surface area contributed by atoms with Crippen molar-refractivity contribution < 1.29 is 9.52 Å². The molecule has 2 saturated carbocycles. The minimum Gasteiger partial charge on any atom is -0.507 e. The van der Waals surface area contributed by atoms with Gasteiger partial charge in [0.15, 0.2) is 0 Å². The third-order valence-electron chi connectivity index (χ3n) is 6.78. The van der Waals surface area contributed by atoms with Crippen molar-refractivity contribution in [1.29, 1.82) is 0 Å². The van der Waals surface area contributed by atoms with Gasteiger partial charge in [-0.3, -0.25) is 0 Å². The number of rotatable bonds is 8. The van der Waals surface area contributed by atoms with E-state index in [1.807, 2.05) is 0 Å². The summed E-state index contributed by atoms with van der Waals surface area (Å²) in [5.74, 6) is 1.94. The molecule has 0 amide bonds. The van der Waals surface area contributed by atoms with Crippen LogP contribution in [0.2, 0.25) is 0 Å². The first-order chi connectivity index (χ1) is 15.0. The molecule has 2 aromatic heterocycles. The Bertz CT molecular complexity index is 1120. The summed E-state index contributed by atoms with van der Waals surface area (Å²) in [6.45, 7) is 4.17. The van der Waals surface area contributed by atoms with Crippen LogP contribution in [0.3, 0.4) is 0 Å². The van der Waals surface area contributed by atoms with Gasteiger partial charge in [-0.15, -0.1) is 11.3 Å². The van der Waals surface area contributed by atoms with Crippen LogP contribution in [0.15, 0.2) is 51.7 Å². The van der Waals surface area contributed by atoms with Crippen molar-refractivity contribution in [3.8, 4) is 5.75 Å². The molecule has 5 rings (SSSR count). The lowest BCUT2D eigenvalue weighted by molar-refractivity contribution is 0.371. The van der Waals surface area contributed by atoms with Gasteiger partial charge in [-0.1, -0.05) is 42.7 Å². The molecule has 2 fully saturated rings. The Kier molecular flexibility index (Phi) is 5.51. The Morgan fingerprint density at radius 3 is 2.39 bits per heavy atom. The van der Waals surface area contributed by atoms with Crippen molar-refractivity contribution in [3.05, 3.63) is 85.1 Å². The average Bonchev–Trinajstić information content (AvgIpc) is 3.66. The summed E-state index contributed by atoms with van der Waals surface area (Å²) in [6, 6.07) is 14.5. The Hall–Kier alpha value is -2.33. The highest BCUT2D eigenvalue weighted by Crippen LogP contribution is 2.49. The van der Waals surface area contributed by atoms with E-state index in [2.05, 4.69) is 50.2 Å². The van der Waals surface area contributed by atoms with E-state index in [1.54, 1.807) is 17.4 Å². The maximum atomic E-state index is 13.2. The molecule has 3 aromatic rings. The second-order valence-corrected chi connectivity index (χ2v) is 10.9. The summed E-state index contributed by atoms with van der Waals surface area (Å²) in [5, 5.41) is 11.0. The lowest BCUT2D eigenvalue weighted by Crippen LogP contribution is -2.17. The van der Waals surface area contributed by atoms with Gasteiger partial charge in [0.1, 0.15) is 11.5 Å². The van der Waals surface area contributed by atoms with Gasteiger partial charge in [0.2, 0.25) is 0 Å². The summed E-state index contributed by atoms with van der Waals surface area (Å²) < 4.78 is 5.95. The van der Waals surface area contributed by atoms with Crippen LogP contribution in [0.25, 0.3) is 0 Å². The van der Waals surface area contributed by atoms with Gasteiger partial charge in [0.05, 0.1) is 5.56 Å². The highest BCUT2D eigenvalue weighted by atomic mass is 32.1. The van der Waals surface area contributed by atoms with Crippen LogP contribution in [0, 0.1) is 25.7 Å². The molecule has 2 atom stereocenters. The fraction of sp³-hybridized carbons (Fsp3) is 0.444. The second-order valence-electron chi connectivity index (χ2n) is 9.56. The predicted octanol–water partition coefficient (Wildman–Crippen LogP) is 6.69. The zero-order chi connectivity index (χ0) is 21.5. The maximum Gasteiger partial charge on any atom is 0.343 e. The fourth-order valence-corrected chi connectivity index (χ4v) is 5.80. The van der Waals surface area contributed by atoms with Crippen LogP contribution in [-0.4, -0.2) is 5.11 Å². The molecule has 0 aliphatic heterocycles. The lowest BCUT2D eigenvalue weighted by Gasteiger charge is -2.19. The Morgan fingerprint density at radius 1 is 1.06 bits per heavy atom. The molecule has 2 aliphatic rings. The molecule has 0 radical (unpaired) electrons. The fourth-order valence-electron chi connectivity index (χ4n) is 4.72. The van der Waals surface area contributed by atoms with E-state index in [1.165, 1.54) is 28.8 Å². The van der Waals surface area contributed by atoms with Crippen LogP contribution >= 0.6 is 11.3 Å². The van der Waals surface area contributed by atoms with Gasteiger partial charge in [-0.25, -0.2) is 4.79 Å². The van der Waals surface area contributed by atoms with Crippen molar-refractivity contribution in [3.63, 3.8) is 0 Å². The van der Waals surface area contributed by atoms with Crippen LogP contribution in [0.5, 0.6) is 5.75 Å². The van der Waals surface area contributed by atoms with Crippen LogP contribution < -0.4 is 5.63 Å². The first kappa shape index (κ1) is 20.6. The molecule has 3 nitrogen and oxygen atoms in total. The van der Waals surface area contributed by atoms with E-state index in [-0.39, 0.29) is 23.2 Å². The standard InChI is InChI=1S/C27H30O3S/c1-16-3-6-18(7-4-16)13-21(14-19-8-9-19)23-15-22(28)26(27(29)30-23)25(20-10-11-20)24-12-5-17(2)31-24/h3-7,12,15,19-21,25,28H,8-11,13-14H2,1-2H3. The van der Waals surface area contributed by atoms with Crippen molar-refractivity contribution in [1.82, 2.24) is 0 Å². The molecule has 1 aromatic carbocycles. The smallest absolute Gasteiger partial charge is 0.343 e. The van der Waals surface area contributed by atoms with E-state index in [0.29, 0.717) is 23.2 Å². The normalized spacial score (nSPS) is 18.1. The van der Waals surface area contributed by atoms with Crippen molar-refractivity contribution >= 4 is 11.3 Å². The molecular weight excluding hydrogens is 404 g/mol. The SMILES string of the molecule is Cc1ccc(CC(CC2CC2)c2cc(O)c(C(c3ccc(C)s3)C3CC3)c(=O)o2)cc1. The molecule has 0 spiro atoms. The maximum absolute atomic E-state index is 13.2. The molecule has 1 N–H and O–H groups in total. The molecule has 31 heavy (non-hydrogen) atoms. The Morgan fingerprint density at radius 2 is 1.81 bits per heavy atom. The summed E-state index contributed by atoms with van der Waals surface area (Å²) in [7, 11) is 0. The van der Waals surface area contributed by atoms with Crippen molar-refractivity contribution in [2.45, 2.75) is 64.2 Å². The second kappa shape index (κ2) is 8.31. The zero-order valence-electron chi connectivity index (χ0n) is 18.3. The average molecular weight is 435 g/mol. The van der Waals surface area contributed by atoms with Gasteiger partial charge >= 0.3 is 5.63 Å². The van der Waals surface area contributed by atoms with Gasteiger partial charge in [0.25, 0.3) is 0 Å². The van der Waals surface area contributed by atoms with Gasteiger partial charge in [-0.05, 0) is 69.1 Å². The summed E-state index contributed by atoms with van der Waals surface area (Å²) in [4.78, 5) is 15.6. The van der Waals surface area contributed by atoms with Crippen molar-refractivity contribution in [2.75, 3.05) is 0 Å². The summed E-state index contributed by atoms with van der Waals surface area (Å²) in [5.41, 5.74) is 2.58. The first-order valence-electron chi connectivity index (χ1n) is 11.5. The van der Waals surface area contributed by atoms with E-state index in [4.69, 9.17) is 4.42 Å². The lowest BCUT2D eigenvalue weighted by atomic mass is 9.89. The quantitative estimate of drug-likeness (QED) is 0.429. The van der Waals surface area contributed by atoms with Gasteiger partial charge in [0, 0.05) is 27.7 Å².